The lowest BCUT2D eigenvalue weighted by Gasteiger charge is -2.07. The Kier molecular flexibility index (Phi) is 7.93. The van der Waals surface area contributed by atoms with E-state index in [0.29, 0.717) is 13.0 Å². The van der Waals surface area contributed by atoms with E-state index in [9.17, 15) is 18.0 Å². The normalized spacial score (nSPS) is 11.6. The zero-order valence-corrected chi connectivity index (χ0v) is 14.8. The molecule has 0 aliphatic carbocycles. The van der Waals surface area contributed by atoms with Crippen LogP contribution in [0.15, 0.2) is 21.8 Å². The van der Waals surface area contributed by atoms with Gasteiger partial charge in [0, 0.05) is 33.1 Å². The summed E-state index contributed by atoms with van der Waals surface area (Å²) in [6.07, 6.45) is 5.42. The predicted molar refractivity (Wildman–Crippen MR) is 87.3 cm³/mol. The second kappa shape index (κ2) is 9.43. The number of furan rings is 1. The molecule has 0 fully saturated rings. The third kappa shape index (κ3) is 6.32. The van der Waals surface area contributed by atoms with Gasteiger partial charge in [-0.15, -0.1) is 0 Å². The van der Waals surface area contributed by atoms with Gasteiger partial charge in [0.15, 0.2) is 0 Å². The number of hydrogen-bond donors (Lipinski definition) is 2. The van der Waals surface area contributed by atoms with Crippen molar-refractivity contribution in [2.24, 2.45) is 0 Å². The minimum absolute atomic E-state index is 0.164. The van der Waals surface area contributed by atoms with Gasteiger partial charge in [0.25, 0.3) is 15.9 Å². The summed E-state index contributed by atoms with van der Waals surface area (Å²) in [5.41, 5.74) is 0.164. The number of amides is 1. The lowest BCUT2D eigenvalue weighted by molar-refractivity contribution is -0.137. The van der Waals surface area contributed by atoms with E-state index in [-0.39, 0.29) is 23.0 Å². The lowest BCUT2D eigenvalue weighted by Crippen LogP contribution is -2.24. The van der Waals surface area contributed by atoms with Crippen molar-refractivity contribution in [1.82, 2.24) is 9.62 Å². The predicted octanol–water partition coefficient (Wildman–Crippen LogP) is 1.68. The number of carboxylic acids is 1. The largest absolute Gasteiger partial charge is 0.481 e. The molecule has 0 saturated heterocycles. The monoisotopic (exact) mass is 360 g/mol. The van der Waals surface area contributed by atoms with Gasteiger partial charge in [-0.3, -0.25) is 9.59 Å². The molecule has 0 aliphatic rings. The van der Waals surface area contributed by atoms with Gasteiger partial charge < -0.3 is 14.8 Å². The fourth-order valence-corrected chi connectivity index (χ4v) is 2.79. The Morgan fingerprint density at radius 1 is 1.17 bits per heavy atom. The standard InChI is InChI=1S/C15H24N2O6S/c1-17(2)24(21,22)14-10-12(11-23-14)15(20)16-9-7-5-3-4-6-8-13(18)19/h10-11H,3-9H2,1-2H3,(H,16,20)(H,18,19). The van der Waals surface area contributed by atoms with Crippen molar-refractivity contribution < 1.29 is 27.5 Å². The van der Waals surface area contributed by atoms with Gasteiger partial charge in [0.1, 0.15) is 6.26 Å². The van der Waals surface area contributed by atoms with Crippen LogP contribution in [0.2, 0.25) is 0 Å². The molecule has 136 valence electrons. The fourth-order valence-electron chi connectivity index (χ4n) is 1.99. The minimum atomic E-state index is -3.69. The summed E-state index contributed by atoms with van der Waals surface area (Å²) >= 11 is 0. The first-order valence-electron chi connectivity index (χ1n) is 7.76. The van der Waals surface area contributed by atoms with Crippen LogP contribution in [0, 0.1) is 0 Å². The van der Waals surface area contributed by atoms with Gasteiger partial charge in [-0.2, -0.15) is 0 Å². The smallest absolute Gasteiger partial charge is 0.303 e. The van der Waals surface area contributed by atoms with E-state index in [2.05, 4.69) is 5.32 Å². The van der Waals surface area contributed by atoms with Crippen LogP contribution in [0.4, 0.5) is 0 Å². The van der Waals surface area contributed by atoms with Gasteiger partial charge in [-0.1, -0.05) is 19.3 Å². The number of carbonyl (C=O) groups excluding carboxylic acids is 1. The highest BCUT2D eigenvalue weighted by molar-refractivity contribution is 7.88. The Morgan fingerprint density at radius 3 is 2.42 bits per heavy atom. The molecule has 1 heterocycles. The lowest BCUT2D eigenvalue weighted by atomic mass is 10.1. The van der Waals surface area contributed by atoms with Crippen LogP contribution in [0.5, 0.6) is 0 Å². The maximum absolute atomic E-state index is 11.9. The van der Waals surface area contributed by atoms with Gasteiger partial charge in [-0.25, -0.2) is 12.7 Å². The van der Waals surface area contributed by atoms with Crippen molar-refractivity contribution in [1.29, 1.82) is 0 Å². The molecule has 1 aromatic heterocycles. The minimum Gasteiger partial charge on any atom is -0.481 e. The molecule has 0 unspecified atom stereocenters. The Hall–Kier alpha value is -1.87. The van der Waals surface area contributed by atoms with E-state index in [1.165, 1.54) is 20.2 Å². The van der Waals surface area contributed by atoms with Crippen LogP contribution < -0.4 is 5.32 Å². The molecular formula is C15H24N2O6S. The number of sulfonamides is 1. The molecule has 0 atom stereocenters. The summed E-state index contributed by atoms with van der Waals surface area (Å²) in [5, 5.41) is 10.9. The number of carbonyl (C=O) groups is 2. The van der Waals surface area contributed by atoms with Crippen LogP contribution in [0.1, 0.15) is 48.9 Å². The molecule has 0 aliphatic heterocycles. The number of carboxylic acid groups (broad SMARTS) is 1. The van der Waals surface area contributed by atoms with Crippen molar-refractivity contribution in [3.8, 4) is 0 Å². The first-order chi connectivity index (χ1) is 11.2. The van der Waals surface area contributed by atoms with E-state index < -0.39 is 16.0 Å². The van der Waals surface area contributed by atoms with Crippen molar-refractivity contribution in [3.05, 3.63) is 17.9 Å². The van der Waals surface area contributed by atoms with Gasteiger partial charge in [0.2, 0.25) is 5.09 Å². The van der Waals surface area contributed by atoms with Crippen molar-refractivity contribution in [2.45, 2.75) is 43.6 Å². The van der Waals surface area contributed by atoms with Crippen LogP contribution in [-0.4, -0.2) is 50.3 Å². The molecule has 0 aromatic carbocycles. The third-order valence-electron chi connectivity index (χ3n) is 3.43. The first-order valence-corrected chi connectivity index (χ1v) is 9.20. The number of nitrogens with one attached hydrogen (secondary N) is 1. The Labute approximate surface area is 141 Å². The summed E-state index contributed by atoms with van der Waals surface area (Å²) in [4.78, 5) is 22.3. The van der Waals surface area contributed by atoms with Gasteiger partial charge >= 0.3 is 5.97 Å². The molecule has 8 nitrogen and oxygen atoms in total. The SMILES string of the molecule is CN(C)S(=O)(=O)c1cc(C(=O)NCCCCCCCC(=O)O)co1. The van der Waals surface area contributed by atoms with Crippen LogP contribution in [-0.2, 0) is 14.8 Å². The average Bonchev–Trinajstić information content (AvgIpc) is 2.99. The molecule has 0 spiro atoms. The Balaban J connectivity index is 2.29. The maximum atomic E-state index is 11.9. The molecule has 0 saturated carbocycles. The number of hydrogen-bond acceptors (Lipinski definition) is 5. The molecule has 24 heavy (non-hydrogen) atoms. The zero-order valence-electron chi connectivity index (χ0n) is 13.9. The van der Waals surface area contributed by atoms with E-state index >= 15 is 0 Å². The second-order valence-electron chi connectivity index (χ2n) is 5.61. The second-order valence-corrected chi connectivity index (χ2v) is 7.69. The summed E-state index contributed by atoms with van der Waals surface area (Å²) in [7, 11) is -0.923. The van der Waals surface area contributed by atoms with Crippen molar-refractivity contribution in [3.63, 3.8) is 0 Å². The number of unbranched alkanes of at least 4 members (excludes halogenated alkanes) is 4. The average molecular weight is 360 g/mol. The van der Waals surface area contributed by atoms with Crippen molar-refractivity contribution >= 4 is 21.9 Å². The van der Waals surface area contributed by atoms with Crippen LogP contribution in [0.3, 0.4) is 0 Å². The summed E-state index contributed by atoms with van der Waals surface area (Å²) in [6.45, 7) is 0.471. The fraction of sp³-hybridized carbons (Fsp3) is 0.600. The summed E-state index contributed by atoms with van der Waals surface area (Å²) < 4.78 is 29.7. The van der Waals surface area contributed by atoms with Gasteiger partial charge in [-0.05, 0) is 12.8 Å². The zero-order chi connectivity index (χ0) is 18.2. The molecule has 1 amide bonds. The quantitative estimate of drug-likeness (QED) is 0.580. The van der Waals surface area contributed by atoms with E-state index in [1.54, 1.807) is 0 Å². The van der Waals surface area contributed by atoms with Gasteiger partial charge in [0.05, 0.1) is 5.56 Å². The molecular weight excluding hydrogens is 336 g/mol. The Bertz CT molecular complexity index is 651. The van der Waals surface area contributed by atoms with E-state index in [1.807, 2.05) is 0 Å². The van der Waals surface area contributed by atoms with Crippen molar-refractivity contribution in [2.75, 3.05) is 20.6 Å². The highest BCUT2D eigenvalue weighted by Gasteiger charge is 2.23. The molecule has 2 N–H and O–H groups in total. The topological polar surface area (TPSA) is 117 Å². The van der Waals surface area contributed by atoms with Crippen LogP contribution in [0.25, 0.3) is 0 Å². The summed E-state index contributed by atoms with van der Waals surface area (Å²) in [6, 6.07) is 1.20. The highest BCUT2D eigenvalue weighted by atomic mass is 32.2. The van der Waals surface area contributed by atoms with E-state index in [0.717, 1.165) is 36.3 Å². The first kappa shape index (κ1) is 20.2. The molecule has 1 rings (SSSR count). The maximum Gasteiger partial charge on any atom is 0.303 e. The third-order valence-corrected chi connectivity index (χ3v) is 5.11. The molecule has 0 bridgehead atoms. The number of aliphatic carboxylic acids is 1. The number of nitrogens with zero attached hydrogens (tertiary/aromatic N) is 1. The van der Waals surface area contributed by atoms with E-state index in [4.69, 9.17) is 9.52 Å². The molecule has 1 aromatic rings. The number of rotatable bonds is 11. The van der Waals surface area contributed by atoms with Crippen LogP contribution >= 0.6 is 0 Å². The molecule has 0 radical (unpaired) electrons. The summed E-state index contributed by atoms with van der Waals surface area (Å²) in [5.74, 6) is -1.16. The molecule has 9 heteroatoms. The highest BCUT2D eigenvalue weighted by Crippen LogP contribution is 2.16. The Morgan fingerprint density at radius 2 is 1.79 bits per heavy atom.